The van der Waals surface area contributed by atoms with E-state index in [1.54, 1.807) is 38.5 Å². The van der Waals surface area contributed by atoms with Crippen LogP contribution in [0.5, 0.6) is 11.5 Å². The molecule has 8 nitrogen and oxygen atoms in total. The van der Waals surface area contributed by atoms with Gasteiger partial charge in [0.25, 0.3) is 5.22 Å². The molecule has 1 aliphatic rings. The quantitative estimate of drug-likeness (QED) is 0.388. The van der Waals surface area contributed by atoms with Crippen molar-refractivity contribution in [2.75, 3.05) is 32.2 Å². The van der Waals surface area contributed by atoms with E-state index in [2.05, 4.69) is 15.1 Å². The molecule has 0 atom stereocenters. The predicted octanol–water partition coefficient (Wildman–Crippen LogP) is 4.57. The summed E-state index contributed by atoms with van der Waals surface area (Å²) in [7, 11) is 3.10. The number of aromatic nitrogens is 2. The molecule has 4 rings (SSSR count). The predicted molar refractivity (Wildman–Crippen MR) is 122 cm³/mol. The maximum absolute atomic E-state index is 11.8. The number of carboxylic acid groups (broad SMARTS) is 1. The lowest BCUT2D eigenvalue weighted by Crippen LogP contribution is -2.17. The summed E-state index contributed by atoms with van der Waals surface area (Å²) in [6.45, 7) is 2.12. The van der Waals surface area contributed by atoms with Crippen LogP contribution in [0.25, 0.3) is 17.5 Å². The number of benzene rings is 2. The third kappa shape index (κ3) is 5.05. The fourth-order valence-electron chi connectivity index (χ4n) is 3.44. The zero-order valence-corrected chi connectivity index (χ0v) is 18.6. The van der Waals surface area contributed by atoms with Gasteiger partial charge >= 0.3 is 5.97 Å². The molecule has 9 heteroatoms. The number of carbonyl (C=O) groups is 1. The number of rotatable bonds is 8. The summed E-state index contributed by atoms with van der Waals surface area (Å²) in [6, 6.07) is 13.1. The molecule has 32 heavy (non-hydrogen) atoms. The van der Waals surface area contributed by atoms with Crippen LogP contribution >= 0.6 is 11.8 Å². The second-order valence-electron chi connectivity index (χ2n) is 7.18. The lowest BCUT2D eigenvalue weighted by molar-refractivity contribution is -0.131. The molecule has 0 bridgehead atoms. The lowest BCUT2D eigenvalue weighted by atomic mass is 10.2. The van der Waals surface area contributed by atoms with Crippen molar-refractivity contribution < 1.29 is 23.8 Å². The fourth-order valence-corrected chi connectivity index (χ4v) is 4.11. The number of methoxy groups -OCH3 is 2. The van der Waals surface area contributed by atoms with E-state index < -0.39 is 5.97 Å². The molecule has 166 valence electrons. The summed E-state index contributed by atoms with van der Waals surface area (Å²) in [5, 5.41) is 17.8. The Hall–Kier alpha value is -3.46. The van der Waals surface area contributed by atoms with Crippen molar-refractivity contribution >= 4 is 29.5 Å². The number of hydrogen-bond donors (Lipinski definition) is 1. The van der Waals surface area contributed by atoms with Crippen molar-refractivity contribution in [1.82, 2.24) is 10.2 Å². The minimum Gasteiger partial charge on any atom is -0.497 e. The van der Waals surface area contributed by atoms with E-state index in [0.29, 0.717) is 17.1 Å². The molecule has 1 saturated heterocycles. The highest BCUT2D eigenvalue weighted by molar-refractivity contribution is 8.03. The maximum atomic E-state index is 11.8. The Labute approximate surface area is 189 Å². The Balaban J connectivity index is 1.53. The SMILES string of the molecule is COc1cc(OC)cc(-c2nnc(S/C(=C/c3ccc(N4CCCC4)cc3)C(=O)O)o2)c1. The molecule has 1 fully saturated rings. The summed E-state index contributed by atoms with van der Waals surface area (Å²) in [5.74, 6) is 0.330. The number of ether oxygens (including phenoxy) is 2. The van der Waals surface area contributed by atoms with Gasteiger partial charge in [-0.15, -0.1) is 10.2 Å². The Morgan fingerprint density at radius 1 is 1.06 bits per heavy atom. The van der Waals surface area contributed by atoms with Gasteiger partial charge in [0, 0.05) is 30.4 Å². The van der Waals surface area contributed by atoms with Gasteiger partial charge in [-0.05, 0) is 60.5 Å². The largest absolute Gasteiger partial charge is 0.497 e. The molecule has 0 aliphatic carbocycles. The van der Waals surface area contributed by atoms with Crippen LogP contribution in [-0.2, 0) is 4.79 Å². The van der Waals surface area contributed by atoms with Crippen LogP contribution in [0.4, 0.5) is 5.69 Å². The third-order valence-corrected chi connectivity index (χ3v) is 5.93. The van der Waals surface area contributed by atoms with Crippen molar-refractivity contribution in [3.8, 4) is 23.0 Å². The summed E-state index contributed by atoms with van der Waals surface area (Å²) in [6.07, 6.45) is 4.01. The average Bonchev–Trinajstić information content (AvgIpc) is 3.51. The first-order valence-electron chi connectivity index (χ1n) is 10.1. The van der Waals surface area contributed by atoms with E-state index in [1.807, 2.05) is 24.3 Å². The van der Waals surface area contributed by atoms with Gasteiger partial charge in [0.2, 0.25) is 5.89 Å². The average molecular weight is 454 g/mol. The van der Waals surface area contributed by atoms with Gasteiger partial charge in [0.1, 0.15) is 16.4 Å². The Morgan fingerprint density at radius 2 is 1.72 bits per heavy atom. The monoisotopic (exact) mass is 453 g/mol. The molecule has 2 aromatic carbocycles. The smallest absolute Gasteiger partial charge is 0.342 e. The molecule has 0 saturated carbocycles. The van der Waals surface area contributed by atoms with Crippen LogP contribution in [0.3, 0.4) is 0 Å². The molecule has 0 radical (unpaired) electrons. The van der Waals surface area contributed by atoms with Crippen LogP contribution < -0.4 is 14.4 Å². The molecule has 0 spiro atoms. The Morgan fingerprint density at radius 3 is 2.31 bits per heavy atom. The highest BCUT2D eigenvalue weighted by atomic mass is 32.2. The van der Waals surface area contributed by atoms with E-state index in [1.165, 1.54) is 12.8 Å². The van der Waals surface area contributed by atoms with E-state index in [9.17, 15) is 9.90 Å². The number of anilines is 1. The third-order valence-electron chi connectivity index (χ3n) is 5.07. The van der Waals surface area contributed by atoms with E-state index in [0.717, 1.165) is 36.1 Å². The maximum Gasteiger partial charge on any atom is 0.342 e. The molecule has 0 amide bonds. The molecular weight excluding hydrogens is 430 g/mol. The standard InChI is InChI=1S/C23H23N3O5S/c1-29-18-12-16(13-19(14-18)30-2)21-24-25-23(31-21)32-20(22(27)28)11-15-5-7-17(8-6-15)26-9-3-4-10-26/h5-8,11-14H,3-4,9-10H2,1-2H3,(H,27,28)/b20-11+. The van der Waals surface area contributed by atoms with E-state index in [-0.39, 0.29) is 16.0 Å². The van der Waals surface area contributed by atoms with Gasteiger partial charge in [0.15, 0.2) is 0 Å². The lowest BCUT2D eigenvalue weighted by Gasteiger charge is -2.17. The first-order chi connectivity index (χ1) is 15.6. The molecule has 1 aromatic heterocycles. The minimum absolute atomic E-state index is 0.0809. The van der Waals surface area contributed by atoms with Crippen molar-refractivity contribution in [2.45, 2.75) is 18.1 Å². The fraction of sp³-hybridized carbons (Fsp3) is 0.261. The molecule has 2 heterocycles. The number of hydrogen-bond acceptors (Lipinski definition) is 8. The first kappa shape index (κ1) is 21.8. The minimum atomic E-state index is -1.07. The molecule has 3 aromatic rings. The highest BCUT2D eigenvalue weighted by Crippen LogP contribution is 2.33. The Kier molecular flexibility index (Phi) is 6.65. The van der Waals surface area contributed by atoms with Crippen molar-refractivity contribution in [1.29, 1.82) is 0 Å². The number of thioether (sulfide) groups is 1. The first-order valence-corrected chi connectivity index (χ1v) is 10.9. The van der Waals surface area contributed by atoms with Gasteiger partial charge in [-0.3, -0.25) is 0 Å². The van der Waals surface area contributed by atoms with Crippen LogP contribution in [0.15, 0.2) is 57.0 Å². The summed E-state index contributed by atoms with van der Waals surface area (Å²) < 4.78 is 16.2. The Bertz CT molecular complexity index is 1100. The van der Waals surface area contributed by atoms with Crippen LogP contribution in [0, 0.1) is 0 Å². The zero-order chi connectivity index (χ0) is 22.5. The van der Waals surface area contributed by atoms with Crippen LogP contribution in [-0.4, -0.2) is 48.6 Å². The number of carboxylic acids is 1. The molecule has 1 N–H and O–H groups in total. The van der Waals surface area contributed by atoms with Gasteiger partial charge < -0.3 is 23.9 Å². The van der Waals surface area contributed by atoms with Gasteiger partial charge in [0.05, 0.1) is 14.2 Å². The zero-order valence-electron chi connectivity index (χ0n) is 17.8. The molecule has 0 unspecified atom stereocenters. The summed E-state index contributed by atoms with van der Waals surface area (Å²) in [5.41, 5.74) is 2.55. The van der Waals surface area contributed by atoms with Crippen LogP contribution in [0.1, 0.15) is 18.4 Å². The highest BCUT2D eigenvalue weighted by Gasteiger charge is 2.17. The second-order valence-corrected chi connectivity index (χ2v) is 8.17. The molecular formula is C23H23N3O5S. The number of aliphatic carboxylic acids is 1. The topological polar surface area (TPSA) is 97.9 Å². The van der Waals surface area contributed by atoms with Gasteiger partial charge in [-0.2, -0.15) is 0 Å². The summed E-state index contributed by atoms with van der Waals surface area (Å²) >= 11 is 0.905. The van der Waals surface area contributed by atoms with E-state index in [4.69, 9.17) is 13.9 Å². The molecule has 1 aliphatic heterocycles. The van der Waals surface area contributed by atoms with Crippen LogP contribution in [0.2, 0.25) is 0 Å². The van der Waals surface area contributed by atoms with Crippen molar-refractivity contribution in [3.05, 3.63) is 52.9 Å². The normalized spacial score (nSPS) is 13.9. The van der Waals surface area contributed by atoms with Gasteiger partial charge in [-0.25, -0.2) is 4.79 Å². The number of nitrogens with zero attached hydrogens (tertiary/aromatic N) is 3. The van der Waals surface area contributed by atoms with Crippen molar-refractivity contribution in [3.63, 3.8) is 0 Å². The second kappa shape index (κ2) is 9.78. The summed E-state index contributed by atoms with van der Waals surface area (Å²) in [4.78, 5) is 14.2. The van der Waals surface area contributed by atoms with Gasteiger partial charge in [-0.1, -0.05) is 12.1 Å². The van der Waals surface area contributed by atoms with Crippen molar-refractivity contribution in [2.24, 2.45) is 0 Å². The van der Waals surface area contributed by atoms with E-state index >= 15 is 0 Å².